The Morgan fingerprint density at radius 1 is 1.56 bits per heavy atom. The van der Waals surface area contributed by atoms with E-state index < -0.39 is 5.97 Å². The van der Waals surface area contributed by atoms with Crippen LogP contribution < -0.4 is 10.2 Å². The van der Waals surface area contributed by atoms with Crippen LogP contribution in [-0.2, 0) is 20.8 Å². The lowest BCUT2D eigenvalue weighted by Crippen LogP contribution is -2.13. The van der Waals surface area contributed by atoms with Crippen molar-refractivity contribution in [1.82, 2.24) is 14.9 Å². The zero-order valence-corrected chi connectivity index (χ0v) is 10.9. The van der Waals surface area contributed by atoms with Crippen molar-refractivity contribution in [2.24, 2.45) is 0 Å². The number of aryl methyl sites for hydroxylation is 1. The molecule has 0 radical (unpaired) electrons. The minimum absolute atomic E-state index is 0.224. The Bertz CT molecular complexity index is 378. The van der Waals surface area contributed by atoms with Crippen LogP contribution >= 0.6 is 12.8 Å². The van der Waals surface area contributed by atoms with Crippen LogP contribution in [-0.4, -0.2) is 36.2 Å². The fourth-order valence-electron chi connectivity index (χ4n) is 1.22. The molecule has 0 unspecified atom stereocenters. The van der Waals surface area contributed by atoms with Gasteiger partial charge in [0.15, 0.2) is 0 Å². The number of thiol groups is 1. The Morgan fingerprint density at radius 3 is 3.11 bits per heavy atom. The van der Waals surface area contributed by atoms with Crippen LogP contribution in [0.1, 0.15) is 12.1 Å². The van der Waals surface area contributed by atoms with E-state index in [-0.39, 0.29) is 6.42 Å². The standard InChI is InChI=1S/C10H16N4O3S/c1-16-7-6-12-10-11-5-4-8(13-10)2-3-9(15)17-14-18/h4-5,14,18H,2-3,6-7H2,1H3,(H,11,12,13). The number of hydrogen-bond donors (Lipinski definition) is 3. The molecule has 0 bridgehead atoms. The number of rotatable bonds is 8. The maximum Gasteiger partial charge on any atom is 0.326 e. The lowest BCUT2D eigenvalue weighted by Gasteiger charge is -2.05. The van der Waals surface area contributed by atoms with Gasteiger partial charge in [0.05, 0.1) is 13.0 Å². The molecule has 0 saturated carbocycles. The number of methoxy groups -OCH3 is 1. The minimum Gasteiger partial charge on any atom is -0.383 e. The molecule has 0 spiro atoms. The summed E-state index contributed by atoms with van der Waals surface area (Å²) in [7, 11) is 1.63. The third kappa shape index (κ3) is 5.80. The maximum absolute atomic E-state index is 11.1. The number of nitrogens with one attached hydrogen (secondary N) is 2. The van der Waals surface area contributed by atoms with Crippen molar-refractivity contribution in [2.45, 2.75) is 12.8 Å². The van der Waals surface area contributed by atoms with Crippen molar-refractivity contribution in [3.05, 3.63) is 18.0 Å². The van der Waals surface area contributed by atoms with Crippen molar-refractivity contribution < 1.29 is 14.4 Å². The van der Waals surface area contributed by atoms with Gasteiger partial charge in [0, 0.05) is 32.0 Å². The predicted octanol–water partition coefficient (Wildman–Crippen LogP) is 0.360. The highest BCUT2D eigenvalue weighted by Crippen LogP contribution is 2.03. The van der Waals surface area contributed by atoms with Gasteiger partial charge in [0.1, 0.15) is 0 Å². The Kier molecular flexibility index (Phi) is 7.07. The molecule has 0 fully saturated rings. The second-order valence-electron chi connectivity index (χ2n) is 3.36. The van der Waals surface area contributed by atoms with Crippen LogP contribution in [0.3, 0.4) is 0 Å². The molecule has 0 atom stereocenters. The van der Waals surface area contributed by atoms with Crippen LogP contribution in [0.4, 0.5) is 5.95 Å². The molecule has 1 rings (SSSR count). The third-order valence-electron chi connectivity index (χ3n) is 2.05. The van der Waals surface area contributed by atoms with E-state index >= 15 is 0 Å². The smallest absolute Gasteiger partial charge is 0.326 e. The average Bonchev–Trinajstić information content (AvgIpc) is 2.38. The SMILES string of the molecule is COCCNc1nccc(CCC(=O)ONS)n1. The topological polar surface area (TPSA) is 85.4 Å². The first kappa shape index (κ1) is 14.7. The van der Waals surface area contributed by atoms with E-state index in [0.717, 1.165) is 5.69 Å². The van der Waals surface area contributed by atoms with Gasteiger partial charge < -0.3 is 14.9 Å². The van der Waals surface area contributed by atoms with Crippen LogP contribution in [0.2, 0.25) is 0 Å². The largest absolute Gasteiger partial charge is 0.383 e. The van der Waals surface area contributed by atoms with Gasteiger partial charge in [0.25, 0.3) is 0 Å². The molecule has 1 heterocycles. The first-order valence-corrected chi connectivity index (χ1v) is 5.84. The molecule has 0 aliphatic heterocycles. The Balaban J connectivity index is 2.41. The second kappa shape index (κ2) is 8.67. The summed E-state index contributed by atoms with van der Waals surface area (Å²) < 4.78 is 4.91. The molecule has 1 aromatic rings. The minimum atomic E-state index is -0.391. The molecule has 8 heteroatoms. The molecule has 2 N–H and O–H groups in total. The Labute approximate surface area is 111 Å². The normalized spacial score (nSPS) is 10.1. The van der Waals surface area contributed by atoms with E-state index in [0.29, 0.717) is 25.5 Å². The average molecular weight is 272 g/mol. The molecular weight excluding hydrogens is 256 g/mol. The van der Waals surface area contributed by atoms with Gasteiger partial charge in [-0.2, -0.15) is 0 Å². The molecule has 7 nitrogen and oxygen atoms in total. The van der Waals surface area contributed by atoms with Crippen LogP contribution in [0.25, 0.3) is 0 Å². The van der Waals surface area contributed by atoms with Crippen molar-refractivity contribution in [3.8, 4) is 0 Å². The summed E-state index contributed by atoms with van der Waals surface area (Å²) in [6.07, 6.45) is 2.34. The number of carbonyl (C=O) groups is 1. The highest BCUT2D eigenvalue weighted by atomic mass is 32.1. The highest BCUT2D eigenvalue weighted by Gasteiger charge is 2.05. The van der Waals surface area contributed by atoms with E-state index in [1.807, 2.05) is 4.89 Å². The highest BCUT2D eigenvalue weighted by molar-refractivity contribution is 7.77. The summed E-state index contributed by atoms with van der Waals surface area (Å²) in [6, 6.07) is 1.75. The quantitative estimate of drug-likeness (QED) is 0.358. The second-order valence-corrected chi connectivity index (χ2v) is 3.54. The third-order valence-corrected chi connectivity index (χ3v) is 2.14. The molecular formula is C10H16N4O3S. The predicted molar refractivity (Wildman–Crippen MR) is 68.9 cm³/mol. The number of ether oxygens (including phenoxy) is 1. The Hall–Kier alpha value is -1.38. The van der Waals surface area contributed by atoms with Gasteiger partial charge in [-0.1, -0.05) is 17.7 Å². The number of nitrogens with zero attached hydrogens (tertiary/aromatic N) is 2. The fourth-order valence-corrected chi connectivity index (χ4v) is 1.32. The monoisotopic (exact) mass is 272 g/mol. The van der Waals surface area contributed by atoms with E-state index in [1.54, 1.807) is 19.4 Å². The number of carbonyl (C=O) groups excluding carboxylic acids is 1. The van der Waals surface area contributed by atoms with E-state index in [2.05, 4.69) is 32.9 Å². The van der Waals surface area contributed by atoms with Gasteiger partial charge in [0.2, 0.25) is 5.95 Å². The van der Waals surface area contributed by atoms with Crippen molar-refractivity contribution >= 4 is 24.7 Å². The van der Waals surface area contributed by atoms with Gasteiger partial charge in [-0.25, -0.2) is 9.97 Å². The van der Waals surface area contributed by atoms with Crippen LogP contribution in [0, 0.1) is 0 Å². The Morgan fingerprint density at radius 2 is 2.39 bits per heavy atom. The summed E-state index contributed by atoms with van der Waals surface area (Å²) >= 11 is 3.56. The summed E-state index contributed by atoms with van der Waals surface area (Å²) in [5, 5.41) is 3.01. The lowest BCUT2D eigenvalue weighted by atomic mass is 10.2. The number of aromatic nitrogens is 2. The van der Waals surface area contributed by atoms with Crippen molar-refractivity contribution in [1.29, 1.82) is 0 Å². The molecule has 0 aliphatic carbocycles. The summed E-state index contributed by atoms with van der Waals surface area (Å²) in [5.41, 5.74) is 0.765. The van der Waals surface area contributed by atoms with Gasteiger partial charge in [-0.15, -0.1) is 0 Å². The number of anilines is 1. The van der Waals surface area contributed by atoms with Gasteiger partial charge in [-0.3, -0.25) is 4.79 Å². The number of hydrogen-bond acceptors (Lipinski definition) is 8. The first-order valence-electron chi connectivity index (χ1n) is 5.39. The molecule has 0 saturated heterocycles. The summed E-state index contributed by atoms with van der Waals surface area (Å²) in [6.45, 7) is 1.21. The molecule has 0 aliphatic rings. The molecule has 100 valence electrons. The molecule has 18 heavy (non-hydrogen) atoms. The molecule has 1 aromatic heterocycles. The van der Waals surface area contributed by atoms with Crippen molar-refractivity contribution in [2.75, 3.05) is 25.6 Å². The van der Waals surface area contributed by atoms with E-state index in [9.17, 15) is 4.79 Å². The zero-order chi connectivity index (χ0) is 13.2. The molecule has 0 aromatic carbocycles. The van der Waals surface area contributed by atoms with E-state index in [1.165, 1.54) is 0 Å². The maximum atomic E-state index is 11.1. The van der Waals surface area contributed by atoms with Crippen molar-refractivity contribution in [3.63, 3.8) is 0 Å². The van der Waals surface area contributed by atoms with Crippen LogP contribution in [0.5, 0.6) is 0 Å². The summed E-state index contributed by atoms with van der Waals surface area (Å²) in [5.74, 6) is 0.128. The fraction of sp³-hybridized carbons (Fsp3) is 0.500. The zero-order valence-electron chi connectivity index (χ0n) is 10.0. The summed E-state index contributed by atoms with van der Waals surface area (Å²) in [4.78, 5) is 25.9. The molecule has 0 amide bonds. The van der Waals surface area contributed by atoms with Crippen LogP contribution in [0.15, 0.2) is 12.3 Å². The lowest BCUT2D eigenvalue weighted by molar-refractivity contribution is -0.146. The first-order chi connectivity index (χ1) is 8.76. The van der Waals surface area contributed by atoms with E-state index in [4.69, 9.17) is 4.74 Å². The van der Waals surface area contributed by atoms with Gasteiger partial charge in [-0.05, 0) is 6.07 Å². The van der Waals surface area contributed by atoms with Gasteiger partial charge >= 0.3 is 5.97 Å².